The van der Waals surface area contributed by atoms with Gasteiger partial charge in [0.1, 0.15) is 0 Å². The zero-order chi connectivity index (χ0) is 15.0. The third-order valence-electron chi connectivity index (χ3n) is 4.38. The highest BCUT2D eigenvalue weighted by Gasteiger charge is 2.29. The van der Waals surface area contributed by atoms with Crippen molar-refractivity contribution in [3.8, 4) is 11.4 Å². The largest absolute Gasteiger partial charge is 0.398 e. The number of methoxy groups -OCH3 is 1. The molecule has 21 heavy (non-hydrogen) atoms. The maximum Gasteiger partial charge on any atom is 0.182 e. The van der Waals surface area contributed by atoms with Crippen molar-refractivity contribution < 1.29 is 4.74 Å². The minimum Gasteiger partial charge on any atom is -0.398 e. The second-order valence-electron chi connectivity index (χ2n) is 5.80. The van der Waals surface area contributed by atoms with Gasteiger partial charge >= 0.3 is 0 Å². The Kier molecular flexibility index (Phi) is 3.63. The fraction of sp³-hybridized carbons (Fsp3) is 0.533. The number of hydrogen-bond acceptors (Lipinski definition) is 5. The maximum absolute atomic E-state index is 6.04. The van der Waals surface area contributed by atoms with Crippen LogP contribution in [-0.2, 0) is 4.74 Å². The summed E-state index contributed by atoms with van der Waals surface area (Å²) in [6.45, 7) is 4.07. The van der Waals surface area contributed by atoms with E-state index in [2.05, 4.69) is 28.5 Å². The molecule has 1 aliphatic rings. The standard InChI is InChI=1S/C15H21N5O/c1-9-6-10(2)14(16)8-13(9)15-17-18-19-20(15)11-4-5-12(7-11)21-3/h6,8,11-12H,4-5,7,16H2,1-3H3. The fourth-order valence-electron chi connectivity index (χ4n) is 3.08. The van der Waals surface area contributed by atoms with Crippen LogP contribution in [0.15, 0.2) is 12.1 Å². The molecule has 0 bridgehead atoms. The summed E-state index contributed by atoms with van der Waals surface area (Å²) in [7, 11) is 1.76. The molecule has 2 N–H and O–H groups in total. The van der Waals surface area contributed by atoms with Crippen LogP contribution >= 0.6 is 0 Å². The molecule has 2 unspecified atom stereocenters. The number of benzene rings is 1. The zero-order valence-corrected chi connectivity index (χ0v) is 12.7. The molecule has 3 rings (SSSR count). The molecule has 112 valence electrons. The molecule has 6 nitrogen and oxygen atoms in total. The molecule has 1 heterocycles. The maximum atomic E-state index is 6.04. The summed E-state index contributed by atoms with van der Waals surface area (Å²) in [5.74, 6) is 0.793. The van der Waals surface area contributed by atoms with E-state index in [1.54, 1.807) is 7.11 Å². The van der Waals surface area contributed by atoms with Crippen LogP contribution in [0.1, 0.15) is 36.4 Å². The number of aromatic nitrogens is 4. The van der Waals surface area contributed by atoms with Gasteiger partial charge in [-0.05, 0) is 60.7 Å². The Balaban J connectivity index is 1.98. The average Bonchev–Trinajstić information content (AvgIpc) is 3.10. The summed E-state index contributed by atoms with van der Waals surface area (Å²) >= 11 is 0. The van der Waals surface area contributed by atoms with Crippen LogP contribution in [0.4, 0.5) is 5.69 Å². The first kappa shape index (κ1) is 14.0. The summed E-state index contributed by atoms with van der Waals surface area (Å²) < 4.78 is 7.37. The molecule has 1 aromatic heterocycles. The molecule has 2 atom stereocenters. The van der Waals surface area contributed by atoms with Crippen LogP contribution in [0.2, 0.25) is 0 Å². The minimum atomic E-state index is 0.293. The normalized spacial score (nSPS) is 21.9. The van der Waals surface area contributed by atoms with Crippen molar-refractivity contribution in [3.05, 3.63) is 23.3 Å². The summed E-state index contributed by atoms with van der Waals surface area (Å²) in [4.78, 5) is 0. The average molecular weight is 287 g/mol. The molecule has 0 amide bonds. The van der Waals surface area contributed by atoms with Crippen molar-refractivity contribution in [2.24, 2.45) is 0 Å². The molecular formula is C15H21N5O. The number of hydrogen-bond donors (Lipinski definition) is 1. The van der Waals surface area contributed by atoms with Gasteiger partial charge in [-0.2, -0.15) is 0 Å². The highest BCUT2D eigenvalue weighted by atomic mass is 16.5. The van der Waals surface area contributed by atoms with Crippen LogP contribution in [0.3, 0.4) is 0 Å². The van der Waals surface area contributed by atoms with E-state index >= 15 is 0 Å². The van der Waals surface area contributed by atoms with Gasteiger partial charge in [-0.1, -0.05) is 6.07 Å². The van der Waals surface area contributed by atoms with Crippen molar-refractivity contribution >= 4 is 5.69 Å². The van der Waals surface area contributed by atoms with Gasteiger partial charge in [-0.3, -0.25) is 0 Å². The van der Waals surface area contributed by atoms with Crippen molar-refractivity contribution in [3.63, 3.8) is 0 Å². The molecule has 1 fully saturated rings. The molecule has 1 aliphatic carbocycles. The number of ether oxygens (including phenoxy) is 1. The van der Waals surface area contributed by atoms with Crippen molar-refractivity contribution in [1.82, 2.24) is 20.2 Å². The van der Waals surface area contributed by atoms with E-state index < -0.39 is 0 Å². The number of nitrogens with two attached hydrogens (primary N) is 1. The van der Waals surface area contributed by atoms with E-state index in [0.717, 1.165) is 47.5 Å². The Bertz CT molecular complexity index is 652. The van der Waals surface area contributed by atoms with E-state index in [-0.39, 0.29) is 0 Å². The van der Waals surface area contributed by atoms with Gasteiger partial charge in [0.25, 0.3) is 0 Å². The summed E-state index contributed by atoms with van der Waals surface area (Å²) in [6, 6.07) is 4.34. The summed E-state index contributed by atoms with van der Waals surface area (Å²) in [5.41, 5.74) is 10.0. The lowest BCUT2D eigenvalue weighted by Gasteiger charge is -2.14. The van der Waals surface area contributed by atoms with Crippen molar-refractivity contribution in [2.75, 3.05) is 12.8 Å². The molecular weight excluding hydrogens is 266 g/mol. The first-order chi connectivity index (χ1) is 10.1. The van der Waals surface area contributed by atoms with Crippen molar-refractivity contribution in [2.45, 2.75) is 45.3 Å². The molecule has 0 spiro atoms. The van der Waals surface area contributed by atoms with E-state index in [4.69, 9.17) is 10.5 Å². The predicted molar refractivity (Wildman–Crippen MR) is 80.8 cm³/mol. The topological polar surface area (TPSA) is 78.8 Å². The van der Waals surface area contributed by atoms with Crippen LogP contribution in [0, 0.1) is 13.8 Å². The third-order valence-corrected chi connectivity index (χ3v) is 4.38. The molecule has 1 aromatic carbocycles. The number of rotatable bonds is 3. The highest BCUT2D eigenvalue weighted by molar-refractivity contribution is 5.67. The number of tetrazole rings is 1. The van der Waals surface area contributed by atoms with E-state index in [1.807, 2.05) is 17.7 Å². The van der Waals surface area contributed by atoms with Gasteiger partial charge in [-0.15, -0.1) is 5.10 Å². The number of nitrogen functional groups attached to an aromatic ring is 1. The Morgan fingerprint density at radius 1 is 1.24 bits per heavy atom. The quantitative estimate of drug-likeness (QED) is 0.876. The Morgan fingerprint density at radius 3 is 2.76 bits per heavy atom. The predicted octanol–water partition coefficient (Wildman–Crippen LogP) is 2.28. The number of aryl methyl sites for hydroxylation is 2. The highest BCUT2D eigenvalue weighted by Crippen LogP contribution is 2.34. The Labute approximate surface area is 124 Å². The molecule has 0 aliphatic heterocycles. The van der Waals surface area contributed by atoms with Crippen molar-refractivity contribution in [1.29, 1.82) is 0 Å². The minimum absolute atomic E-state index is 0.293. The zero-order valence-electron chi connectivity index (χ0n) is 12.7. The first-order valence-electron chi connectivity index (χ1n) is 7.28. The lowest BCUT2D eigenvalue weighted by atomic mass is 10.0. The second-order valence-corrected chi connectivity index (χ2v) is 5.80. The van der Waals surface area contributed by atoms with Gasteiger partial charge in [-0.25, -0.2) is 4.68 Å². The van der Waals surface area contributed by atoms with Crippen LogP contribution in [0.25, 0.3) is 11.4 Å². The lowest BCUT2D eigenvalue weighted by molar-refractivity contribution is 0.105. The molecule has 2 aromatic rings. The van der Waals surface area contributed by atoms with E-state index in [1.165, 1.54) is 0 Å². The number of nitrogens with zero attached hydrogens (tertiary/aromatic N) is 4. The summed E-state index contributed by atoms with van der Waals surface area (Å²) in [6.07, 6.45) is 3.35. The first-order valence-corrected chi connectivity index (χ1v) is 7.28. The Hall–Kier alpha value is -1.95. The molecule has 6 heteroatoms. The lowest BCUT2D eigenvalue weighted by Crippen LogP contribution is -2.12. The third kappa shape index (κ3) is 2.51. The number of anilines is 1. The van der Waals surface area contributed by atoms with Gasteiger partial charge < -0.3 is 10.5 Å². The fourth-order valence-corrected chi connectivity index (χ4v) is 3.08. The van der Waals surface area contributed by atoms with Gasteiger partial charge in [0.2, 0.25) is 0 Å². The molecule has 1 saturated carbocycles. The van der Waals surface area contributed by atoms with E-state index in [9.17, 15) is 0 Å². The van der Waals surface area contributed by atoms with Gasteiger partial charge in [0, 0.05) is 18.4 Å². The van der Waals surface area contributed by atoms with E-state index in [0.29, 0.717) is 12.1 Å². The summed E-state index contributed by atoms with van der Waals surface area (Å²) in [5, 5.41) is 12.3. The molecule has 0 radical (unpaired) electrons. The van der Waals surface area contributed by atoms with Crippen LogP contribution < -0.4 is 5.73 Å². The van der Waals surface area contributed by atoms with Gasteiger partial charge in [0.05, 0.1) is 12.1 Å². The smallest absolute Gasteiger partial charge is 0.182 e. The van der Waals surface area contributed by atoms with Crippen LogP contribution in [-0.4, -0.2) is 33.4 Å². The monoisotopic (exact) mass is 287 g/mol. The SMILES string of the molecule is COC1CCC(n2nnnc2-c2cc(N)c(C)cc2C)C1. The van der Waals surface area contributed by atoms with Gasteiger partial charge in [0.15, 0.2) is 5.82 Å². The second kappa shape index (κ2) is 5.44. The Morgan fingerprint density at radius 2 is 2.05 bits per heavy atom. The van der Waals surface area contributed by atoms with Crippen LogP contribution in [0.5, 0.6) is 0 Å². The molecule has 0 saturated heterocycles.